The summed E-state index contributed by atoms with van der Waals surface area (Å²) in [5, 5.41) is 12.5. The normalized spacial score (nSPS) is 28.8. The maximum atomic E-state index is 12.3. The van der Waals surface area contributed by atoms with Crippen LogP contribution in [0.5, 0.6) is 0 Å². The summed E-state index contributed by atoms with van der Waals surface area (Å²) in [7, 11) is 0. The number of nitrogens with one attached hydrogen (secondary N) is 1. The number of carboxylic acids is 1. The predicted octanol–water partition coefficient (Wildman–Crippen LogP) is 2.21. The molecule has 5 nitrogen and oxygen atoms in total. The lowest BCUT2D eigenvalue weighted by Crippen LogP contribution is -2.57. The Kier molecular flexibility index (Phi) is 4.02. The molecule has 19 heavy (non-hydrogen) atoms. The van der Waals surface area contributed by atoms with Crippen molar-refractivity contribution in [3.8, 4) is 0 Å². The topological polar surface area (TPSA) is 69.6 Å². The monoisotopic (exact) mass is 268 g/mol. The Labute approximate surface area is 114 Å². The van der Waals surface area contributed by atoms with Gasteiger partial charge in [-0.1, -0.05) is 13.3 Å². The number of nitrogens with zero attached hydrogens (tertiary/aromatic N) is 1. The van der Waals surface area contributed by atoms with Gasteiger partial charge in [-0.05, 0) is 44.9 Å². The van der Waals surface area contributed by atoms with Crippen LogP contribution >= 0.6 is 0 Å². The number of aliphatic carboxylic acids is 1. The summed E-state index contributed by atoms with van der Waals surface area (Å²) < 4.78 is 0. The zero-order chi connectivity index (χ0) is 14.0. The first-order valence-corrected chi connectivity index (χ1v) is 7.33. The van der Waals surface area contributed by atoms with Gasteiger partial charge in [0.15, 0.2) is 0 Å². The molecule has 2 aliphatic rings. The summed E-state index contributed by atoms with van der Waals surface area (Å²) >= 11 is 0. The third-order valence-electron chi connectivity index (χ3n) is 4.92. The van der Waals surface area contributed by atoms with Crippen molar-refractivity contribution in [2.24, 2.45) is 5.92 Å². The molecule has 1 saturated heterocycles. The first kappa shape index (κ1) is 14.2. The molecular weight excluding hydrogens is 244 g/mol. The van der Waals surface area contributed by atoms with Crippen molar-refractivity contribution >= 4 is 12.0 Å². The third-order valence-corrected chi connectivity index (χ3v) is 4.92. The van der Waals surface area contributed by atoms with Crippen LogP contribution in [0.3, 0.4) is 0 Å². The molecule has 2 atom stereocenters. The predicted molar refractivity (Wildman–Crippen MR) is 71.9 cm³/mol. The molecule has 2 rings (SSSR count). The Bertz CT molecular complexity index is 368. The highest BCUT2D eigenvalue weighted by Crippen LogP contribution is 2.34. The van der Waals surface area contributed by atoms with Crippen LogP contribution in [0.25, 0.3) is 0 Å². The number of carbonyl (C=O) groups is 2. The highest BCUT2D eigenvalue weighted by atomic mass is 16.4. The van der Waals surface area contributed by atoms with Gasteiger partial charge in [-0.15, -0.1) is 0 Å². The Morgan fingerprint density at radius 2 is 2.11 bits per heavy atom. The molecule has 2 fully saturated rings. The molecule has 0 bridgehead atoms. The minimum Gasteiger partial charge on any atom is -0.479 e. The first-order chi connectivity index (χ1) is 9.01. The van der Waals surface area contributed by atoms with Crippen molar-refractivity contribution < 1.29 is 14.7 Å². The van der Waals surface area contributed by atoms with E-state index in [0.29, 0.717) is 25.3 Å². The van der Waals surface area contributed by atoms with Crippen LogP contribution in [-0.2, 0) is 4.79 Å². The van der Waals surface area contributed by atoms with Gasteiger partial charge in [0.2, 0.25) is 0 Å². The van der Waals surface area contributed by atoms with Crippen molar-refractivity contribution in [2.75, 3.05) is 6.54 Å². The molecule has 0 radical (unpaired) electrons. The summed E-state index contributed by atoms with van der Waals surface area (Å²) in [6.45, 7) is 4.41. The fraction of sp³-hybridized carbons (Fsp3) is 0.857. The standard InChI is InChI=1S/C14H24N2O3/c1-3-14(12(17)18)8-5-9-16(14)13(19)15-10(2)11-6-4-7-11/h10-11H,3-9H2,1-2H3,(H,15,19)(H,17,18). The quantitative estimate of drug-likeness (QED) is 0.821. The number of likely N-dealkylation sites (tertiary alicyclic amines) is 1. The number of hydrogen-bond acceptors (Lipinski definition) is 2. The van der Waals surface area contributed by atoms with Crippen LogP contribution in [0, 0.1) is 5.92 Å². The van der Waals surface area contributed by atoms with Gasteiger partial charge in [0, 0.05) is 12.6 Å². The van der Waals surface area contributed by atoms with Crippen molar-refractivity contribution in [2.45, 2.75) is 64.0 Å². The van der Waals surface area contributed by atoms with E-state index < -0.39 is 11.5 Å². The number of urea groups is 1. The smallest absolute Gasteiger partial charge is 0.329 e. The van der Waals surface area contributed by atoms with E-state index in [-0.39, 0.29) is 12.1 Å². The van der Waals surface area contributed by atoms with Gasteiger partial charge in [-0.2, -0.15) is 0 Å². The lowest BCUT2D eigenvalue weighted by atomic mass is 9.80. The van der Waals surface area contributed by atoms with Crippen molar-refractivity contribution in [3.63, 3.8) is 0 Å². The molecule has 1 heterocycles. The Hall–Kier alpha value is -1.26. The molecular formula is C14H24N2O3. The summed E-state index contributed by atoms with van der Waals surface area (Å²) in [4.78, 5) is 25.4. The van der Waals surface area contributed by atoms with Gasteiger partial charge in [-0.3, -0.25) is 0 Å². The molecule has 1 aliphatic carbocycles. The van der Waals surface area contributed by atoms with E-state index in [0.717, 1.165) is 6.42 Å². The molecule has 5 heteroatoms. The molecule has 108 valence electrons. The molecule has 1 aliphatic heterocycles. The fourth-order valence-corrected chi connectivity index (χ4v) is 3.25. The number of amides is 2. The largest absolute Gasteiger partial charge is 0.479 e. The molecule has 0 aromatic rings. The lowest BCUT2D eigenvalue weighted by molar-refractivity contribution is -0.148. The molecule has 1 saturated carbocycles. The van der Waals surface area contributed by atoms with Gasteiger partial charge < -0.3 is 15.3 Å². The van der Waals surface area contributed by atoms with Gasteiger partial charge >= 0.3 is 12.0 Å². The van der Waals surface area contributed by atoms with Crippen molar-refractivity contribution in [1.29, 1.82) is 0 Å². The van der Waals surface area contributed by atoms with Gasteiger partial charge in [-0.25, -0.2) is 9.59 Å². The van der Waals surface area contributed by atoms with E-state index in [1.54, 1.807) is 0 Å². The third kappa shape index (κ3) is 2.42. The van der Waals surface area contributed by atoms with E-state index in [2.05, 4.69) is 5.32 Å². The fourth-order valence-electron chi connectivity index (χ4n) is 3.25. The Morgan fingerprint density at radius 1 is 1.42 bits per heavy atom. The van der Waals surface area contributed by atoms with Gasteiger partial charge in [0.25, 0.3) is 0 Å². The Balaban J connectivity index is 2.02. The van der Waals surface area contributed by atoms with Crippen molar-refractivity contribution in [1.82, 2.24) is 10.2 Å². The highest BCUT2D eigenvalue weighted by molar-refractivity contribution is 5.87. The van der Waals surface area contributed by atoms with E-state index in [9.17, 15) is 14.7 Å². The number of carboxylic acid groups (broad SMARTS) is 1. The summed E-state index contributed by atoms with van der Waals surface area (Å²) in [5.41, 5.74) is -0.997. The van der Waals surface area contributed by atoms with Crippen LogP contribution in [0.1, 0.15) is 52.4 Å². The highest BCUT2D eigenvalue weighted by Gasteiger charge is 2.48. The maximum absolute atomic E-state index is 12.3. The minimum atomic E-state index is -0.997. The SMILES string of the molecule is CCC1(C(=O)O)CCCN1C(=O)NC(C)C1CCC1. The number of rotatable bonds is 4. The van der Waals surface area contributed by atoms with Crippen LogP contribution in [-0.4, -0.2) is 40.1 Å². The van der Waals surface area contributed by atoms with Crippen LogP contribution < -0.4 is 5.32 Å². The minimum absolute atomic E-state index is 0.144. The van der Waals surface area contributed by atoms with E-state index in [1.807, 2.05) is 13.8 Å². The first-order valence-electron chi connectivity index (χ1n) is 7.33. The average Bonchev–Trinajstić information content (AvgIpc) is 2.70. The van der Waals surface area contributed by atoms with Crippen LogP contribution in [0.4, 0.5) is 4.79 Å². The van der Waals surface area contributed by atoms with E-state index in [4.69, 9.17) is 0 Å². The molecule has 2 unspecified atom stereocenters. The van der Waals surface area contributed by atoms with Crippen LogP contribution in [0.2, 0.25) is 0 Å². The second kappa shape index (κ2) is 5.39. The zero-order valence-corrected chi connectivity index (χ0v) is 11.8. The summed E-state index contributed by atoms with van der Waals surface area (Å²) in [6.07, 6.45) is 5.37. The number of hydrogen-bond donors (Lipinski definition) is 2. The van der Waals surface area contributed by atoms with Crippen LogP contribution in [0.15, 0.2) is 0 Å². The van der Waals surface area contributed by atoms with E-state index >= 15 is 0 Å². The molecule has 0 spiro atoms. The Morgan fingerprint density at radius 3 is 2.58 bits per heavy atom. The second-order valence-electron chi connectivity index (χ2n) is 5.87. The molecule has 0 aromatic carbocycles. The van der Waals surface area contributed by atoms with Gasteiger partial charge in [0.05, 0.1) is 0 Å². The van der Waals surface area contributed by atoms with E-state index in [1.165, 1.54) is 24.2 Å². The summed E-state index contributed by atoms with van der Waals surface area (Å²) in [6, 6.07) is -0.0636. The molecule has 2 N–H and O–H groups in total. The molecule has 2 amide bonds. The summed E-state index contributed by atoms with van der Waals surface area (Å²) in [5.74, 6) is -0.314. The van der Waals surface area contributed by atoms with Gasteiger partial charge in [0.1, 0.15) is 5.54 Å². The van der Waals surface area contributed by atoms with Crippen molar-refractivity contribution in [3.05, 3.63) is 0 Å². The maximum Gasteiger partial charge on any atom is 0.329 e. The molecule has 0 aromatic heterocycles. The zero-order valence-electron chi connectivity index (χ0n) is 11.8. The average molecular weight is 268 g/mol. The lowest BCUT2D eigenvalue weighted by Gasteiger charge is -2.37. The number of carbonyl (C=O) groups excluding carboxylic acids is 1. The second-order valence-corrected chi connectivity index (χ2v) is 5.87.